The normalized spacial score (nSPS) is 18.1. The summed E-state index contributed by atoms with van der Waals surface area (Å²) in [7, 11) is 0. The van der Waals surface area contributed by atoms with Gasteiger partial charge in [0.2, 0.25) is 6.29 Å². The number of hydrogen-bond donors (Lipinski definition) is 0. The Kier molecular flexibility index (Phi) is 3.19. The van der Waals surface area contributed by atoms with Crippen molar-refractivity contribution < 1.29 is 35.5 Å². The van der Waals surface area contributed by atoms with Crippen LogP contribution in [0.3, 0.4) is 0 Å². The van der Waals surface area contributed by atoms with Crippen LogP contribution in [0.2, 0.25) is 0 Å². The summed E-state index contributed by atoms with van der Waals surface area (Å²) in [6.07, 6.45) is -11.7. The van der Waals surface area contributed by atoms with Crippen LogP contribution < -0.4 is 0 Å². The fraction of sp³-hybridized carbons (Fsp3) is 0.833. The van der Waals surface area contributed by atoms with E-state index in [1.165, 1.54) is 0 Å². The van der Waals surface area contributed by atoms with Crippen LogP contribution >= 0.6 is 0 Å². The second-order valence-electron chi connectivity index (χ2n) is 2.69. The lowest BCUT2D eigenvalue weighted by atomic mass is 9.91. The zero-order chi connectivity index (χ0) is 11.8. The maximum absolute atomic E-state index is 12.6. The molecular weight excluding hydrogens is 221 g/mol. The van der Waals surface area contributed by atoms with Crippen LogP contribution in [0.5, 0.6) is 0 Å². The molecule has 83 valence electrons. The first-order valence-corrected chi connectivity index (χ1v) is 3.14. The highest BCUT2D eigenvalue weighted by Gasteiger charge is 2.66. The Morgan fingerprint density at radius 2 is 1.21 bits per heavy atom. The molecule has 0 fully saturated rings. The van der Waals surface area contributed by atoms with Crippen LogP contribution in [0, 0.1) is 5.92 Å². The number of carbonyl (C=O) groups excluding carboxylic acids is 1. The van der Waals surface area contributed by atoms with Crippen molar-refractivity contribution in [2.45, 2.75) is 24.9 Å². The number of rotatable bonds is 2. The molecule has 0 amide bonds. The Hall–Kier alpha value is -0.820. The van der Waals surface area contributed by atoms with E-state index in [1.54, 1.807) is 0 Å². The van der Waals surface area contributed by atoms with E-state index in [0.717, 1.165) is 0 Å². The molecule has 0 bridgehead atoms. The highest BCUT2D eigenvalue weighted by Crippen LogP contribution is 2.46. The van der Waals surface area contributed by atoms with Crippen LogP contribution in [-0.2, 0) is 4.79 Å². The minimum Gasteiger partial charge on any atom is -0.287 e. The quantitative estimate of drug-likeness (QED) is 0.660. The molecule has 0 aliphatic rings. The summed E-state index contributed by atoms with van der Waals surface area (Å²) < 4.78 is 83.2. The van der Waals surface area contributed by atoms with Crippen LogP contribution in [0.1, 0.15) is 6.92 Å². The van der Waals surface area contributed by atoms with Crippen molar-refractivity contribution in [2.75, 3.05) is 0 Å². The second kappa shape index (κ2) is 3.39. The van der Waals surface area contributed by atoms with Crippen molar-refractivity contribution in [1.82, 2.24) is 0 Å². The molecule has 1 unspecified atom stereocenters. The summed E-state index contributed by atoms with van der Waals surface area (Å²) in [5.74, 6) is -4.35. The third-order valence-corrected chi connectivity index (χ3v) is 1.40. The van der Waals surface area contributed by atoms with Gasteiger partial charge in [0.1, 0.15) is 0 Å². The molecule has 0 aromatic heterocycles. The molecule has 0 aliphatic carbocycles. The van der Waals surface area contributed by atoms with Gasteiger partial charge in [-0.2, -0.15) is 26.3 Å². The molecule has 0 heterocycles. The third-order valence-electron chi connectivity index (χ3n) is 1.40. The second-order valence-corrected chi connectivity index (χ2v) is 2.69. The summed E-state index contributed by atoms with van der Waals surface area (Å²) in [6.45, 7) is -0.119. The summed E-state index contributed by atoms with van der Waals surface area (Å²) >= 11 is 0. The molecule has 0 aromatic carbocycles. The number of hydrogen-bond acceptors (Lipinski definition) is 1. The maximum Gasteiger partial charge on any atom is 0.404 e. The van der Waals surface area contributed by atoms with Crippen LogP contribution in [0.25, 0.3) is 0 Å². The molecule has 0 rings (SSSR count). The van der Waals surface area contributed by atoms with Crippen molar-refractivity contribution in [3.8, 4) is 0 Å². The first-order valence-electron chi connectivity index (χ1n) is 3.14. The first-order chi connectivity index (χ1) is 5.93. The average Bonchev–Trinajstić information content (AvgIpc) is 1.79. The summed E-state index contributed by atoms with van der Waals surface area (Å²) in [6, 6.07) is 0. The molecule has 0 N–H and O–H groups in total. The number of halogens is 7. The van der Waals surface area contributed by atoms with Gasteiger partial charge in [-0.25, -0.2) is 4.39 Å². The molecule has 14 heavy (non-hydrogen) atoms. The Morgan fingerprint density at radius 3 is 1.29 bits per heavy atom. The lowest BCUT2D eigenvalue weighted by molar-refractivity contribution is -0.305. The van der Waals surface area contributed by atoms with E-state index in [0.29, 0.717) is 0 Å². The zero-order valence-corrected chi connectivity index (χ0v) is 6.63. The van der Waals surface area contributed by atoms with E-state index in [4.69, 9.17) is 0 Å². The molecule has 0 saturated carbocycles. The molecule has 1 atom stereocenters. The van der Waals surface area contributed by atoms with E-state index >= 15 is 0 Å². The van der Waals surface area contributed by atoms with E-state index in [1.807, 2.05) is 0 Å². The van der Waals surface area contributed by atoms with E-state index < -0.39 is 23.9 Å². The van der Waals surface area contributed by atoms with Gasteiger partial charge in [-0.15, -0.1) is 0 Å². The van der Waals surface area contributed by atoms with E-state index in [2.05, 4.69) is 0 Å². The molecule has 1 radical (unpaired) electrons. The van der Waals surface area contributed by atoms with Gasteiger partial charge in [-0.1, -0.05) is 0 Å². The largest absolute Gasteiger partial charge is 0.404 e. The lowest BCUT2D eigenvalue weighted by Crippen LogP contribution is -2.50. The third kappa shape index (κ3) is 2.85. The molecule has 1 nitrogen and oxygen atoms in total. The fourth-order valence-corrected chi connectivity index (χ4v) is 0.859. The number of alkyl halides is 7. The van der Waals surface area contributed by atoms with Gasteiger partial charge >= 0.3 is 12.4 Å². The van der Waals surface area contributed by atoms with Crippen molar-refractivity contribution >= 4 is 6.29 Å². The van der Waals surface area contributed by atoms with Crippen molar-refractivity contribution in [3.63, 3.8) is 0 Å². The van der Waals surface area contributed by atoms with Crippen LogP contribution in [0.15, 0.2) is 0 Å². The van der Waals surface area contributed by atoms with Gasteiger partial charge in [0.15, 0.2) is 11.6 Å². The lowest BCUT2D eigenvalue weighted by Gasteiger charge is -2.28. The summed E-state index contributed by atoms with van der Waals surface area (Å²) in [4.78, 5) is 9.66. The minimum atomic E-state index is -5.88. The van der Waals surface area contributed by atoms with Crippen LogP contribution in [0.4, 0.5) is 30.7 Å². The smallest absolute Gasteiger partial charge is 0.287 e. The maximum atomic E-state index is 12.6. The molecule has 8 heteroatoms. The zero-order valence-electron chi connectivity index (χ0n) is 6.63. The highest BCUT2D eigenvalue weighted by atomic mass is 19.4. The Bertz CT molecular complexity index is 199. The summed E-state index contributed by atoms with van der Waals surface area (Å²) in [5, 5.41) is 0. The van der Waals surface area contributed by atoms with Gasteiger partial charge in [0, 0.05) is 0 Å². The van der Waals surface area contributed by atoms with Gasteiger partial charge < -0.3 is 0 Å². The average molecular weight is 225 g/mol. The predicted molar refractivity (Wildman–Crippen MR) is 30.8 cm³/mol. The van der Waals surface area contributed by atoms with Crippen molar-refractivity contribution in [2.24, 2.45) is 5.92 Å². The fourth-order valence-electron chi connectivity index (χ4n) is 0.859. The Balaban J connectivity index is 5.24. The van der Waals surface area contributed by atoms with Crippen molar-refractivity contribution in [1.29, 1.82) is 0 Å². The molecule has 0 spiro atoms. The summed E-state index contributed by atoms with van der Waals surface area (Å²) in [5.41, 5.74) is -4.13. The van der Waals surface area contributed by atoms with Crippen LogP contribution in [-0.4, -0.2) is 24.3 Å². The first kappa shape index (κ1) is 13.2. The highest BCUT2D eigenvalue weighted by molar-refractivity contribution is 5.63. The van der Waals surface area contributed by atoms with Gasteiger partial charge in [0.05, 0.1) is 0 Å². The minimum absolute atomic E-state index is 0.0978. The van der Waals surface area contributed by atoms with E-state index in [-0.39, 0.29) is 13.2 Å². The monoisotopic (exact) mass is 225 g/mol. The topological polar surface area (TPSA) is 17.1 Å². The standard InChI is InChI=1S/C6H4F7O/c1-4(7,2-14)3(5(8,9)10)6(11,12)13/h3H,1H3. The Morgan fingerprint density at radius 1 is 0.929 bits per heavy atom. The molecule has 0 aromatic rings. The van der Waals surface area contributed by atoms with Gasteiger partial charge in [0.25, 0.3) is 0 Å². The van der Waals surface area contributed by atoms with Crippen molar-refractivity contribution in [3.05, 3.63) is 0 Å². The Labute approximate surface area is 73.9 Å². The predicted octanol–water partition coefficient (Wildman–Crippen LogP) is 2.57. The molecule has 0 saturated heterocycles. The molecular formula is C6H4F7O. The van der Waals surface area contributed by atoms with E-state index in [9.17, 15) is 35.5 Å². The van der Waals surface area contributed by atoms with Gasteiger partial charge in [-0.3, -0.25) is 4.79 Å². The van der Waals surface area contributed by atoms with Gasteiger partial charge in [-0.05, 0) is 6.92 Å². The molecule has 0 aliphatic heterocycles. The SMILES string of the molecule is CC(F)([C]=O)C(C(F)(F)F)C(F)(F)F.